The average molecular weight is 237 g/mol. The highest BCUT2D eigenvalue weighted by molar-refractivity contribution is 6.02. The number of anilines is 1. The van der Waals surface area contributed by atoms with Crippen molar-refractivity contribution in [2.45, 2.75) is 13.3 Å². The van der Waals surface area contributed by atoms with Crippen molar-refractivity contribution in [3.8, 4) is 0 Å². The van der Waals surface area contributed by atoms with E-state index < -0.39 is 0 Å². The van der Waals surface area contributed by atoms with Gasteiger partial charge in [0.25, 0.3) is 0 Å². The SMILES string of the molecule is CC1CCN(c2ccc(F)cc2C(N)=NO)C1. The normalized spacial score (nSPS) is 20.9. The minimum atomic E-state index is -0.386. The molecule has 1 unspecified atom stereocenters. The molecular formula is C12H16FN3O. The number of oxime groups is 1. The predicted molar refractivity (Wildman–Crippen MR) is 64.9 cm³/mol. The lowest BCUT2D eigenvalue weighted by Gasteiger charge is -2.21. The first-order chi connectivity index (χ1) is 8.11. The summed E-state index contributed by atoms with van der Waals surface area (Å²) in [5.74, 6) is 0.168. The van der Waals surface area contributed by atoms with Gasteiger partial charge in [-0.25, -0.2) is 4.39 Å². The van der Waals surface area contributed by atoms with Gasteiger partial charge in [-0.05, 0) is 30.5 Å². The third-order valence-electron chi connectivity index (χ3n) is 3.11. The summed E-state index contributed by atoms with van der Waals surface area (Å²) >= 11 is 0. The molecule has 92 valence electrons. The molecule has 0 radical (unpaired) electrons. The van der Waals surface area contributed by atoms with Crippen LogP contribution in [0.2, 0.25) is 0 Å². The molecule has 1 fully saturated rings. The molecule has 1 aromatic carbocycles. The van der Waals surface area contributed by atoms with Crippen LogP contribution in [0.1, 0.15) is 18.9 Å². The predicted octanol–water partition coefficient (Wildman–Crippen LogP) is 1.77. The Hall–Kier alpha value is -1.78. The van der Waals surface area contributed by atoms with E-state index in [0.29, 0.717) is 11.5 Å². The van der Waals surface area contributed by atoms with Gasteiger partial charge in [0.05, 0.1) is 0 Å². The Morgan fingerprint density at radius 1 is 1.59 bits per heavy atom. The maximum absolute atomic E-state index is 13.2. The zero-order valence-corrected chi connectivity index (χ0v) is 9.73. The Balaban J connectivity index is 2.39. The van der Waals surface area contributed by atoms with E-state index >= 15 is 0 Å². The second-order valence-electron chi connectivity index (χ2n) is 4.49. The van der Waals surface area contributed by atoms with E-state index in [1.807, 2.05) is 0 Å². The van der Waals surface area contributed by atoms with Gasteiger partial charge in [-0.2, -0.15) is 0 Å². The van der Waals surface area contributed by atoms with Crippen molar-refractivity contribution in [2.75, 3.05) is 18.0 Å². The van der Waals surface area contributed by atoms with E-state index in [9.17, 15) is 4.39 Å². The second kappa shape index (κ2) is 4.61. The average Bonchev–Trinajstić information content (AvgIpc) is 2.74. The zero-order valence-electron chi connectivity index (χ0n) is 9.73. The molecule has 1 heterocycles. The fourth-order valence-corrected chi connectivity index (χ4v) is 2.20. The Kier molecular flexibility index (Phi) is 3.17. The molecule has 0 spiro atoms. The lowest BCUT2D eigenvalue weighted by atomic mass is 10.1. The second-order valence-corrected chi connectivity index (χ2v) is 4.49. The van der Waals surface area contributed by atoms with Crippen LogP contribution in [0.15, 0.2) is 23.4 Å². The topological polar surface area (TPSA) is 61.8 Å². The number of rotatable bonds is 2. The molecule has 5 heteroatoms. The fraction of sp³-hybridized carbons (Fsp3) is 0.417. The van der Waals surface area contributed by atoms with E-state index in [1.165, 1.54) is 12.1 Å². The molecule has 0 aliphatic carbocycles. The maximum atomic E-state index is 13.2. The highest BCUT2D eigenvalue weighted by atomic mass is 19.1. The number of nitrogens with two attached hydrogens (primary N) is 1. The van der Waals surface area contributed by atoms with Crippen molar-refractivity contribution in [1.29, 1.82) is 0 Å². The molecule has 4 nitrogen and oxygen atoms in total. The summed E-state index contributed by atoms with van der Waals surface area (Å²) in [7, 11) is 0. The van der Waals surface area contributed by atoms with Crippen LogP contribution in [0, 0.1) is 11.7 Å². The third kappa shape index (κ3) is 2.33. The Morgan fingerprint density at radius 3 is 2.94 bits per heavy atom. The molecule has 0 saturated carbocycles. The molecule has 1 atom stereocenters. The summed E-state index contributed by atoms with van der Waals surface area (Å²) < 4.78 is 13.2. The molecule has 3 N–H and O–H groups in total. The number of amidine groups is 1. The van der Waals surface area contributed by atoms with E-state index in [4.69, 9.17) is 10.9 Å². The highest BCUT2D eigenvalue weighted by Gasteiger charge is 2.22. The molecule has 0 aromatic heterocycles. The molecule has 0 amide bonds. The minimum Gasteiger partial charge on any atom is -0.409 e. The summed E-state index contributed by atoms with van der Waals surface area (Å²) in [5.41, 5.74) is 6.84. The standard InChI is InChI=1S/C12H16FN3O/c1-8-4-5-16(7-8)11-3-2-9(13)6-10(11)12(14)15-17/h2-3,6,8,17H,4-5,7H2,1H3,(H2,14,15). The first kappa shape index (κ1) is 11.7. The largest absolute Gasteiger partial charge is 0.409 e. The summed E-state index contributed by atoms with van der Waals surface area (Å²) in [6, 6.07) is 4.38. The van der Waals surface area contributed by atoms with Gasteiger partial charge in [-0.3, -0.25) is 0 Å². The summed E-state index contributed by atoms with van der Waals surface area (Å²) in [4.78, 5) is 2.14. The third-order valence-corrected chi connectivity index (χ3v) is 3.11. The Morgan fingerprint density at radius 2 is 2.35 bits per heavy atom. The van der Waals surface area contributed by atoms with Gasteiger partial charge >= 0.3 is 0 Å². The molecular weight excluding hydrogens is 221 g/mol. The van der Waals surface area contributed by atoms with Gasteiger partial charge < -0.3 is 15.8 Å². The first-order valence-electron chi connectivity index (χ1n) is 5.64. The maximum Gasteiger partial charge on any atom is 0.172 e. The van der Waals surface area contributed by atoms with Gasteiger partial charge in [0.1, 0.15) is 5.82 Å². The van der Waals surface area contributed by atoms with Crippen LogP contribution in [-0.4, -0.2) is 24.1 Å². The Bertz CT molecular complexity index is 447. The molecule has 1 saturated heterocycles. The number of hydrogen-bond donors (Lipinski definition) is 2. The van der Waals surface area contributed by atoms with Crippen LogP contribution in [0.3, 0.4) is 0 Å². The van der Waals surface area contributed by atoms with Gasteiger partial charge in [0.2, 0.25) is 0 Å². The lowest BCUT2D eigenvalue weighted by Crippen LogP contribution is -2.24. The Labute approximate surface area is 99.5 Å². The lowest BCUT2D eigenvalue weighted by molar-refractivity contribution is 0.318. The molecule has 1 aromatic rings. The van der Waals surface area contributed by atoms with Gasteiger partial charge in [-0.1, -0.05) is 12.1 Å². The van der Waals surface area contributed by atoms with Crippen LogP contribution in [0.25, 0.3) is 0 Å². The van der Waals surface area contributed by atoms with Crippen molar-refractivity contribution in [2.24, 2.45) is 16.8 Å². The molecule has 1 aliphatic rings. The smallest absolute Gasteiger partial charge is 0.172 e. The van der Waals surface area contributed by atoms with Gasteiger partial charge in [0.15, 0.2) is 5.84 Å². The van der Waals surface area contributed by atoms with Crippen LogP contribution in [-0.2, 0) is 0 Å². The van der Waals surface area contributed by atoms with Crippen molar-refractivity contribution in [3.05, 3.63) is 29.6 Å². The summed E-state index contributed by atoms with van der Waals surface area (Å²) in [6.45, 7) is 4.00. The van der Waals surface area contributed by atoms with Gasteiger partial charge in [-0.15, -0.1) is 0 Å². The van der Waals surface area contributed by atoms with Crippen molar-refractivity contribution in [1.82, 2.24) is 0 Å². The molecule has 17 heavy (non-hydrogen) atoms. The van der Waals surface area contributed by atoms with Crippen molar-refractivity contribution < 1.29 is 9.60 Å². The van der Waals surface area contributed by atoms with Crippen LogP contribution < -0.4 is 10.6 Å². The quantitative estimate of drug-likeness (QED) is 0.356. The minimum absolute atomic E-state index is 0.0564. The summed E-state index contributed by atoms with van der Waals surface area (Å²) in [6.07, 6.45) is 1.10. The van der Waals surface area contributed by atoms with E-state index in [0.717, 1.165) is 25.2 Å². The van der Waals surface area contributed by atoms with Gasteiger partial charge in [0, 0.05) is 24.3 Å². The van der Waals surface area contributed by atoms with E-state index in [-0.39, 0.29) is 11.7 Å². The number of halogens is 1. The zero-order chi connectivity index (χ0) is 12.4. The van der Waals surface area contributed by atoms with Crippen molar-refractivity contribution >= 4 is 11.5 Å². The summed E-state index contributed by atoms with van der Waals surface area (Å²) in [5, 5.41) is 11.7. The fourth-order valence-electron chi connectivity index (χ4n) is 2.20. The van der Waals surface area contributed by atoms with Crippen LogP contribution in [0.5, 0.6) is 0 Å². The van der Waals surface area contributed by atoms with E-state index in [2.05, 4.69) is 17.0 Å². The number of benzene rings is 1. The highest BCUT2D eigenvalue weighted by Crippen LogP contribution is 2.27. The van der Waals surface area contributed by atoms with Crippen LogP contribution >= 0.6 is 0 Å². The monoisotopic (exact) mass is 237 g/mol. The van der Waals surface area contributed by atoms with E-state index in [1.54, 1.807) is 6.07 Å². The van der Waals surface area contributed by atoms with Crippen molar-refractivity contribution in [3.63, 3.8) is 0 Å². The molecule has 1 aliphatic heterocycles. The van der Waals surface area contributed by atoms with Crippen LogP contribution in [0.4, 0.5) is 10.1 Å². The molecule has 0 bridgehead atoms. The first-order valence-corrected chi connectivity index (χ1v) is 5.64. The molecule has 2 rings (SSSR count). The number of hydrogen-bond acceptors (Lipinski definition) is 3. The number of nitrogens with zero attached hydrogens (tertiary/aromatic N) is 2.